The highest BCUT2D eigenvalue weighted by molar-refractivity contribution is 5.97. The zero-order valence-electron chi connectivity index (χ0n) is 31.7. The van der Waals surface area contributed by atoms with Crippen molar-refractivity contribution in [3.63, 3.8) is 0 Å². The lowest BCUT2D eigenvalue weighted by Crippen LogP contribution is -2.61. The molecule has 16 heteroatoms. The Morgan fingerprint density at radius 1 is 0.860 bits per heavy atom. The molecule has 16 nitrogen and oxygen atoms in total. The molecular weight excluding hydrogens is 731 g/mol. The molecule has 4 aromatic rings. The third-order valence-electron chi connectivity index (χ3n) is 10.9. The molecule has 3 aliphatic rings. The number of benzene rings is 3. The molecule has 3 aromatic carbocycles. The number of aliphatic imine (C=N–C) groups is 1. The molecule has 0 fully saturated rings. The summed E-state index contributed by atoms with van der Waals surface area (Å²) in [4.78, 5) is 80.0. The van der Waals surface area contributed by atoms with Gasteiger partial charge in [-0.2, -0.15) is 0 Å². The molecule has 7 rings (SSSR count). The Bertz CT molecular complexity index is 2230. The van der Waals surface area contributed by atoms with Crippen LogP contribution in [0, 0.1) is 0 Å². The minimum absolute atomic E-state index is 0.0461. The first-order chi connectivity index (χ1) is 27.5. The first-order valence-electron chi connectivity index (χ1n) is 19.0. The number of ketones is 1. The van der Waals surface area contributed by atoms with E-state index in [9.17, 15) is 24.0 Å². The number of para-hydroxylation sites is 1. The SMILES string of the molecule is CC(=O)N1Cc2ccccc2C[C@H]1C(=O)N1Cc2cc3c(cc2CC1C(=O)N[C@@H](CCCN=C(N)N)C(=O)N[C@@H](Cc1c[nH]c2ccccc12)C(=O)CN)OCO3. The number of nitrogens with one attached hydrogen (secondary N) is 3. The molecule has 0 spiro atoms. The number of ether oxygens (including phenoxy) is 2. The standard InChI is InChI=1S/C41H47N9O7/c1-23(51)49-20-25-8-3-2-7-24(25)14-34(49)40(55)50-21-28-17-37-36(56-22-57-37)16-26(28)15-33(50)39(54)47-31(11-6-12-45-41(43)44)38(53)48-32(35(52)18-42)13-27-19-46-30-10-5-4-9-29(27)30/h2-5,7-10,16-17,19,31-34,46H,6,11-15,18,20-22,42H2,1H3,(H,47,54)(H,48,53)(H4,43,44,45)/t31-,32-,33?,34-/m0/s1. The number of guanidine groups is 1. The van der Waals surface area contributed by atoms with Gasteiger partial charge in [0.25, 0.3) is 0 Å². The topological polar surface area (TPSA) is 241 Å². The molecule has 298 valence electrons. The number of carbonyl (C=O) groups excluding carboxylic acids is 5. The van der Waals surface area contributed by atoms with Crippen LogP contribution in [0.1, 0.15) is 47.6 Å². The zero-order valence-corrected chi connectivity index (χ0v) is 31.7. The van der Waals surface area contributed by atoms with Crippen LogP contribution in [0.3, 0.4) is 0 Å². The number of rotatable bonds is 13. The molecule has 57 heavy (non-hydrogen) atoms. The monoisotopic (exact) mass is 777 g/mol. The van der Waals surface area contributed by atoms with Crippen molar-refractivity contribution in [2.75, 3.05) is 19.9 Å². The van der Waals surface area contributed by atoms with Gasteiger partial charge in [-0.25, -0.2) is 0 Å². The highest BCUT2D eigenvalue weighted by Crippen LogP contribution is 2.38. The van der Waals surface area contributed by atoms with E-state index in [0.717, 1.165) is 38.7 Å². The molecule has 1 unspecified atom stereocenters. The van der Waals surface area contributed by atoms with Gasteiger partial charge in [0.1, 0.15) is 18.1 Å². The minimum Gasteiger partial charge on any atom is -0.454 e. The fourth-order valence-corrected chi connectivity index (χ4v) is 7.93. The Labute approximate surface area is 329 Å². The number of hydrogen-bond donors (Lipinski definition) is 6. The number of nitrogens with zero attached hydrogens (tertiary/aromatic N) is 3. The Morgan fingerprint density at radius 3 is 2.28 bits per heavy atom. The number of amides is 4. The molecule has 4 amide bonds. The third-order valence-corrected chi connectivity index (χ3v) is 10.9. The van der Waals surface area contributed by atoms with Gasteiger partial charge in [0, 0.05) is 62.9 Å². The van der Waals surface area contributed by atoms with Crippen molar-refractivity contribution >= 4 is 46.3 Å². The number of carbonyl (C=O) groups is 5. The van der Waals surface area contributed by atoms with Crippen LogP contribution in [0.4, 0.5) is 0 Å². The second kappa shape index (κ2) is 16.8. The van der Waals surface area contributed by atoms with Gasteiger partial charge in [0.05, 0.1) is 12.6 Å². The summed E-state index contributed by atoms with van der Waals surface area (Å²) in [5, 5.41) is 6.65. The molecule has 9 N–H and O–H groups in total. The lowest BCUT2D eigenvalue weighted by Gasteiger charge is -2.42. The van der Waals surface area contributed by atoms with Crippen molar-refractivity contribution in [2.45, 2.75) is 76.3 Å². The second-order valence-electron chi connectivity index (χ2n) is 14.6. The Hall–Kier alpha value is -6.42. The van der Waals surface area contributed by atoms with E-state index in [2.05, 4.69) is 20.6 Å². The van der Waals surface area contributed by atoms with Gasteiger partial charge in [-0.15, -0.1) is 0 Å². The van der Waals surface area contributed by atoms with Crippen molar-refractivity contribution in [1.82, 2.24) is 25.4 Å². The predicted molar refractivity (Wildman–Crippen MR) is 211 cm³/mol. The first kappa shape index (κ1) is 38.8. The molecule has 0 bridgehead atoms. The molecule has 1 aromatic heterocycles. The lowest BCUT2D eigenvalue weighted by atomic mass is 9.89. The summed E-state index contributed by atoms with van der Waals surface area (Å²) >= 11 is 0. The molecule has 3 aliphatic heterocycles. The number of H-pyrrole nitrogens is 1. The maximum absolute atomic E-state index is 14.8. The van der Waals surface area contributed by atoms with Crippen LogP contribution >= 0.6 is 0 Å². The summed E-state index contributed by atoms with van der Waals surface area (Å²) in [5.41, 5.74) is 22.0. The fraction of sp³-hybridized carbons (Fsp3) is 0.366. The lowest BCUT2D eigenvalue weighted by molar-refractivity contribution is -0.151. The van der Waals surface area contributed by atoms with E-state index >= 15 is 0 Å². The van der Waals surface area contributed by atoms with E-state index in [1.54, 1.807) is 6.20 Å². The van der Waals surface area contributed by atoms with E-state index in [1.807, 2.05) is 60.7 Å². The quantitative estimate of drug-likeness (QED) is 0.0637. The summed E-state index contributed by atoms with van der Waals surface area (Å²) in [5.74, 6) is -1.30. The van der Waals surface area contributed by atoms with Gasteiger partial charge in [0.15, 0.2) is 23.2 Å². The molecule has 4 atom stereocenters. The van der Waals surface area contributed by atoms with Crippen LogP contribution < -0.4 is 37.3 Å². The minimum atomic E-state index is -1.15. The summed E-state index contributed by atoms with van der Waals surface area (Å²) in [6.07, 6.45) is 2.75. The maximum Gasteiger partial charge on any atom is 0.246 e. The summed E-state index contributed by atoms with van der Waals surface area (Å²) in [6, 6.07) is 14.8. The first-order valence-corrected chi connectivity index (χ1v) is 19.0. The smallest absolute Gasteiger partial charge is 0.246 e. The number of aromatic nitrogens is 1. The van der Waals surface area contributed by atoms with Gasteiger partial charge < -0.3 is 52.1 Å². The van der Waals surface area contributed by atoms with Gasteiger partial charge in [0.2, 0.25) is 30.4 Å². The van der Waals surface area contributed by atoms with Crippen molar-refractivity contribution < 1.29 is 33.4 Å². The van der Waals surface area contributed by atoms with Crippen LogP contribution in [0.25, 0.3) is 10.9 Å². The van der Waals surface area contributed by atoms with E-state index in [1.165, 1.54) is 16.7 Å². The molecule has 0 radical (unpaired) electrons. The fourth-order valence-electron chi connectivity index (χ4n) is 7.93. The number of fused-ring (bicyclic) bond motifs is 4. The summed E-state index contributed by atoms with van der Waals surface area (Å²) in [7, 11) is 0. The number of hydrogen-bond acceptors (Lipinski definition) is 9. The number of nitrogens with two attached hydrogens (primary N) is 3. The van der Waals surface area contributed by atoms with E-state index in [4.69, 9.17) is 26.7 Å². The summed E-state index contributed by atoms with van der Waals surface area (Å²) < 4.78 is 11.3. The average molecular weight is 778 g/mol. The van der Waals surface area contributed by atoms with Crippen molar-refractivity contribution in [3.8, 4) is 11.5 Å². The molecular formula is C41H47N9O7. The molecule has 0 saturated heterocycles. The average Bonchev–Trinajstić information content (AvgIpc) is 3.85. The van der Waals surface area contributed by atoms with Crippen molar-refractivity contribution in [2.24, 2.45) is 22.2 Å². The van der Waals surface area contributed by atoms with Gasteiger partial charge >= 0.3 is 0 Å². The van der Waals surface area contributed by atoms with Crippen LogP contribution in [0.2, 0.25) is 0 Å². The van der Waals surface area contributed by atoms with Crippen molar-refractivity contribution in [1.29, 1.82) is 0 Å². The zero-order chi connectivity index (χ0) is 40.2. The van der Waals surface area contributed by atoms with Crippen molar-refractivity contribution in [3.05, 3.63) is 94.7 Å². The highest BCUT2D eigenvalue weighted by Gasteiger charge is 2.43. The largest absolute Gasteiger partial charge is 0.454 e. The van der Waals surface area contributed by atoms with E-state index < -0.39 is 41.9 Å². The maximum atomic E-state index is 14.8. The van der Waals surface area contributed by atoms with Crippen LogP contribution in [0.15, 0.2) is 71.9 Å². The van der Waals surface area contributed by atoms with Crippen LogP contribution in [-0.2, 0) is 56.3 Å². The Morgan fingerprint density at radius 2 is 1.54 bits per heavy atom. The molecule has 0 saturated carbocycles. The highest BCUT2D eigenvalue weighted by atomic mass is 16.7. The van der Waals surface area contributed by atoms with Crippen LogP contribution in [0.5, 0.6) is 11.5 Å². The predicted octanol–water partition coefficient (Wildman–Crippen LogP) is 0.917. The number of Topliss-reactive ketones (excluding diaryl/α,β-unsaturated/α-hetero) is 1. The summed E-state index contributed by atoms with van der Waals surface area (Å²) in [6.45, 7) is 1.64. The molecule has 0 aliphatic carbocycles. The van der Waals surface area contributed by atoms with Gasteiger partial charge in [-0.3, -0.25) is 29.0 Å². The van der Waals surface area contributed by atoms with Gasteiger partial charge in [-0.05, 0) is 58.9 Å². The molecule has 4 heterocycles. The van der Waals surface area contributed by atoms with E-state index in [-0.39, 0.29) is 76.3 Å². The normalized spacial score (nSPS) is 17.9. The second-order valence-corrected chi connectivity index (χ2v) is 14.6. The van der Waals surface area contributed by atoms with E-state index in [0.29, 0.717) is 17.9 Å². The van der Waals surface area contributed by atoms with Crippen LogP contribution in [-0.4, -0.2) is 94.2 Å². The third kappa shape index (κ3) is 8.40. The number of aromatic amines is 1. The Balaban J connectivity index is 1.17. The Kier molecular flexibility index (Phi) is 11.4. The van der Waals surface area contributed by atoms with Gasteiger partial charge in [-0.1, -0.05) is 42.5 Å².